The Hall–Kier alpha value is -0.670. The maximum Gasteiger partial charge on any atom is 0.163 e. The molecule has 0 heterocycles. The molecule has 2 N–H and O–H groups in total. The second-order valence-corrected chi connectivity index (χ2v) is 3.55. The standard InChI is InChI=1S/C11H15F2N.ClH/c1-3-7(2)11(14)8-5-4-6-9(12)10(8)13;/h4-7,11H,3,14H2,1-2H3;1H/t7?,11-;/m1./s1. The van der Waals surface area contributed by atoms with Gasteiger partial charge in [-0.1, -0.05) is 32.4 Å². The molecule has 0 saturated carbocycles. The number of benzene rings is 1. The Labute approximate surface area is 95.1 Å². The Kier molecular flexibility index (Phi) is 5.76. The zero-order valence-corrected chi connectivity index (χ0v) is 9.65. The summed E-state index contributed by atoms with van der Waals surface area (Å²) >= 11 is 0. The second-order valence-electron chi connectivity index (χ2n) is 3.55. The van der Waals surface area contributed by atoms with Crippen LogP contribution in [0, 0.1) is 17.6 Å². The first-order chi connectivity index (χ1) is 6.57. The average Bonchev–Trinajstić information content (AvgIpc) is 2.20. The molecule has 1 aromatic rings. The molecule has 0 saturated heterocycles. The van der Waals surface area contributed by atoms with Crippen LogP contribution in [0.25, 0.3) is 0 Å². The molecule has 1 rings (SSSR count). The van der Waals surface area contributed by atoms with Gasteiger partial charge in [0.25, 0.3) is 0 Å². The smallest absolute Gasteiger partial charge is 0.163 e. The molecule has 0 fully saturated rings. The molecule has 4 heteroatoms. The highest BCUT2D eigenvalue weighted by molar-refractivity contribution is 5.85. The molecule has 1 aromatic carbocycles. The largest absolute Gasteiger partial charge is 0.324 e. The highest BCUT2D eigenvalue weighted by Crippen LogP contribution is 2.25. The molecule has 0 aromatic heterocycles. The summed E-state index contributed by atoms with van der Waals surface area (Å²) in [6, 6.07) is 3.68. The van der Waals surface area contributed by atoms with Crippen molar-refractivity contribution in [2.75, 3.05) is 0 Å². The summed E-state index contributed by atoms with van der Waals surface area (Å²) in [5, 5.41) is 0. The Morgan fingerprint density at radius 2 is 1.93 bits per heavy atom. The van der Waals surface area contributed by atoms with Gasteiger partial charge in [-0.05, 0) is 12.0 Å². The van der Waals surface area contributed by atoms with Gasteiger partial charge < -0.3 is 5.73 Å². The normalized spacial score (nSPS) is 14.2. The molecule has 1 nitrogen and oxygen atoms in total. The van der Waals surface area contributed by atoms with Crippen LogP contribution in [-0.4, -0.2) is 0 Å². The Morgan fingerprint density at radius 1 is 1.33 bits per heavy atom. The fourth-order valence-electron chi connectivity index (χ4n) is 1.34. The number of nitrogens with two attached hydrogens (primary N) is 1. The lowest BCUT2D eigenvalue weighted by Gasteiger charge is -2.19. The Morgan fingerprint density at radius 3 is 2.47 bits per heavy atom. The molecule has 86 valence electrons. The van der Waals surface area contributed by atoms with Crippen LogP contribution in [-0.2, 0) is 0 Å². The molecule has 1 unspecified atom stereocenters. The van der Waals surface area contributed by atoms with E-state index in [1.54, 1.807) is 0 Å². The van der Waals surface area contributed by atoms with E-state index in [0.29, 0.717) is 0 Å². The van der Waals surface area contributed by atoms with Gasteiger partial charge in [0, 0.05) is 11.6 Å². The average molecular weight is 236 g/mol. The predicted molar refractivity (Wildman–Crippen MR) is 60.0 cm³/mol. The summed E-state index contributed by atoms with van der Waals surface area (Å²) in [5.41, 5.74) is 6.08. The molecule has 0 amide bonds. The third-order valence-electron chi connectivity index (χ3n) is 2.60. The van der Waals surface area contributed by atoms with Crippen molar-refractivity contribution < 1.29 is 8.78 Å². The highest BCUT2D eigenvalue weighted by atomic mass is 35.5. The molecule has 0 aliphatic rings. The summed E-state index contributed by atoms with van der Waals surface area (Å²) in [5.74, 6) is -1.51. The minimum atomic E-state index is -0.832. The highest BCUT2D eigenvalue weighted by Gasteiger charge is 2.18. The number of hydrogen-bond donors (Lipinski definition) is 1. The van der Waals surface area contributed by atoms with Gasteiger partial charge in [-0.25, -0.2) is 8.78 Å². The molecule has 2 atom stereocenters. The van der Waals surface area contributed by atoms with E-state index in [-0.39, 0.29) is 23.9 Å². The van der Waals surface area contributed by atoms with E-state index in [9.17, 15) is 8.78 Å². The lowest BCUT2D eigenvalue weighted by atomic mass is 9.93. The molecule has 0 aliphatic carbocycles. The summed E-state index contributed by atoms with van der Waals surface area (Å²) in [7, 11) is 0. The van der Waals surface area contributed by atoms with Crippen molar-refractivity contribution in [3.05, 3.63) is 35.4 Å². The van der Waals surface area contributed by atoms with Gasteiger partial charge in [-0.15, -0.1) is 12.4 Å². The molecule has 0 radical (unpaired) electrons. The predicted octanol–water partition coefficient (Wildman–Crippen LogP) is 3.43. The monoisotopic (exact) mass is 235 g/mol. The number of halogens is 3. The minimum Gasteiger partial charge on any atom is -0.324 e. The molecule has 15 heavy (non-hydrogen) atoms. The molecular weight excluding hydrogens is 220 g/mol. The first-order valence-electron chi connectivity index (χ1n) is 4.77. The lowest BCUT2D eigenvalue weighted by Crippen LogP contribution is -2.20. The molecular formula is C11H16ClF2N. The topological polar surface area (TPSA) is 26.0 Å². The van der Waals surface area contributed by atoms with Gasteiger partial charge in [0.05, 0.1) is 0 Å². The third kappa shape index (κ3) is 3.14. The van der Waals surface area contributed by atoms with E-state index < -0.39 is 17.7 Å². The quantitative estimate of drug-likeness (QED) is 0.854. The van der Waals surface area contributed by atoms with Crippen LogP contribution in [0.3, 0.4) is 0 Å². The number of rotatable bonds is 3. The van der Waals surface area contributed by atoms with Gasteiger partial charge in [0.2, 0.25) is 0 Å². The fourth-order valence-corrected chi connectivity index (χ4v) is 1.34. The van der Waals surface area contributed by atoms with Gasteiger partial charge in [-0.2, -0.15) is 0 Å². The van der Waals surface area contributed by atoms with Gasteiger partial charge in [0.15, 0.2) is 11.6 Å². The van der Waals surface area contributed by atoms with E-state index in [1.807, 2.05) is 13.8 Å². The van der Waals surface area contributed by atoms with E-state index in [4.69, 9.17) is 5.73 Å². The van der Waals surface area contributed by atoms with Crippen LogP contribution in [0.2, 0.25) is 0 Å². The maximum absolute atomic E-state index is 13.3. The first-order valence-corrected chi connectivity index (χ1v) is 4.77. The molecule has 0 aliphatic heterocycles. The fraction of sp³-hybridized carbons (Fsp3) is 0.455. The van der Waals surface area contributed by atoms with E-state index in [1.165, 1.54) is 12.1 Å². The van der Waals surface area contributed by atoms with Gasteiger partial charge >= 0.3 is 0 Å². The van der Waals surface area contributed by atoms with E-state index in [0.717, 1.165) is 12.5 Å². The van der Waals surface area contributed by atoms with E-state index >= 15 is 0 Å². The van der Waals surface area contributed by atoms with Crippen molar-refractivity contribution in [1.82, 2.24) is 0 Å². The summed E-state index contributed by atoms with van der Waals surface area (Å²) < 4.78 is 26.2. The first kappa shape index (κ1) is 14.3. The minimum absolute atomic E-state index is 0. The summed E-state index contributed by atoms with van der Waals surface area (Å²) in [6.45, 7) is 3.90. The van der Waals surface area contributed by atoms with Crippen molar-refractivity contribution in [1.29, 1.82) is 0 Å². The van der Waals surface area contributed by atoms with Crippen LogP contribution in [0.1, 0.15) is 31.9 Å². The van der Waals surface area contributed by atoms with Crippen molar-refractivity contribution in [3.63, 3.8) is 0 Å². The van der Waals surface area contributed by atoms with Gasteiger partial charge in [-0.3, -0.25) is 0 Å². The van der Waals surface area contributed by atoms with Crippen molar-refractivity contribution >= 4 is 12.4 Å². The van der Waals surface area contributed by atoms with E-state index in [2.05, 4.69) is 0 Å². The third-order valence-corrected chi connectivity index (χ3v) is 2.60. The van der Waals surface area contributed by atoms with Crippen LogP contribution in [0.5, 0.6) is 0 Å². The van der Waals surface area contributed by atoms with Crippen LogP contribution < -0.4 is 5.73 Å². The van der Waals surface area contributed by atoms with Crippen LogP contribution in [0.15, 0.2) is 18.2 Å². The lowest BCUT2D eigenvalue weighted by molar-refractivity contribution is 0.423. The molecule has 0 spiro atoms. The maximum atomic E-state index is 13.3. The van der Waals surface area contributed by atoms with Crippen LogP contribution >= 0.6 is 12.4 Å². The zero-order chi connectivity index (χ0) is 10.7. The van der Waals surface area contributed by atoms with Gasteiger partial charge in [0.1, 0.15) is 0 Å². The Bertz CT molecular complexity index is 317. The van der Waals surface area contributed by atoms with Crippen molar-refractivity contribution in [2.45, 2.75) is 26.3 Å². The molecule has 0 bridgehead atoms. The summed E-state index contributed by atoms with van der Waals surface area (Å²) in [6.07, 6.45) is 0.844. The Balaban J connectivity index is 0.00000196. The SMILES string of the molecule is CCC(C)[C@@H](N)c1cccc(F)c1F.Cl. The van der Waals surface area contributed by atoms with Crippen molar-refractivity contribution in [2.24, 2.45) is 11.7 Å². The van der Waals surface area contributed by atoms with Crippen LogP contribution in [0.4, 0.5) is 8.78 Å². The second kappa shape index (κ2) is 6.03. The number of hydrogen-bond acceptors (Lipinski definition) is 1. The summed E-state index contributed by atoms with van der Waals surface area (Å²) in [4.78, 5) is 0. The van der Waals surface area contributed by atoms with Crippen molar-refractivity contribution in [3.8, 4) is 0 Å². The zero-order valence-electron chi connectivity index (χ0n) is 8.84.